The number of nitrogens with one attached hydrogen (secondary N) is 1. The van der Waals surface area contributed by atoms with Crippen LogP contribution in [0.3, 0.4) is 0 Å². The molecule has 0 aliphatic rings. The van der Waals surface area contributed by atoms with Gasteiger partial charge in [0, 0.05) is 31.2 Å². The van der Waals surface area contributed by atoms with Crippen molar-refractivity contribution in [2.45, 2.75) is 12.8 Å². The summed E-state index contributed by atoms with van der Waals surface area (Å²) in [5.74, 6) is -1.59. The molecule has 0 aliphatic carbocycles. The van der Waals surface area contributed by atoms with Crippen LogP contribution in [0.2, 0.25) is 0 Å². The third-order valence-corrected chi connectivity index (χ3v) is 2.55. The minimum Gasteiger partial charge on any atom is -0.476 e. The number of aryl methyl sites for hydroxylation is 1. The summed E-state index contributed by atoms with van der Waals surface area (Å²) in [4.78, 5) is 34.1. The van der Waals surface area contributed by atoms with E-state index >= 15 is 0 Å². The summed E-state index contributed by atoms with van der Waals surface area (Å²) in [6.45, 7) is 0. The van der Waals surface area contributed by atoms with E-state index in [1.54, 1.807) is 12.4 Å². The highest BCUT2D eigenvalue weighted by Gasteiger charge is 2.14. The Morgan fingerprint density at radius 2 is 1.80 bits per heavy atom. The lowest BCUT2D eigenvalue weighted by Crippen LogP contribution is -2.17. The minimum atomic E-state index is -1.23. The van der Waals surface area contributed by atoms with E-state index in [-0.39, 0.29) is 23.8 Å². The molecule has 0 aliphatic heterocycles. The summed E-state index contributed by atoms with van der Waals surface area (Å²) in [6.07, 6.45) is 6.65. The first-order chi connectivity index (χ1) is 9.66. The van der Waals surface area contributed by atoms with Gasteiger partial charge in [-0.05, 0) is 24.1 Å². The second kappa shape index (κ2) is 6.37. The first kappa shape index (κ1) is 13.6. The lowest BCUT2D eigenvalue weighted by molar-refractivity contribution is -0.116. The van der Waals surface area contributed by atoms with Crippen molar-refractivity contribution in [2.75, 3.05) is 5.32 Å². The fourth-order valence-electron chi connectivity index (χ4n) is 1.59. The van der Waals surface area contributed by atoms with Gasteiger partial charge >= 0.3 is 5.97 Å². The van der Waals surface area contributed by atoms with Crippen molar-refractivity contribution in [2.24, 2.45) is 0 Å². The third-order valence-electron chi connectivity index (χ3n) is 2.55. The van der Waals surface area contributed by atoms with E-state index in [0.29, 0.717) is 6.42 Å². The second-order valence-corrected chi connectivity index (χ2v) is 3.96. The lowest BCUT2D eigenvalue weighted by Gasteiger charge is -2.06. The highest BCUT2D eigenvalue weighted by atomic mass is 16.4. The second-order valence-electron chi connectivity index (χ2n) is 3.96. The van der Waals surface area contributed by atoms with E-state index in [2.05, 4.69) is 20.3 Å². The summed E-state index contributed by atoms with van der Waals surface area (Å²) in [5, 5.41) is 11.4. The summed E-state index contributed by atoms with van der Waals surface area (Å²) in [5.41, 5.74) is 0.706. The van der Waals surface area contributed by atoms with Crippen molar-refractivity contribution in [3.63, 3.8) is 0 Å². The van der Waals surface area contributed by atoms with E-state index < -0.39 is 5.97 Å². The molecule has 0 atom stereocenters. The smallest absolute Gasteiger partial charge is 0.358 e. The van der Waals surface area contributed by atoms with Gasteiger partial charge in [0.2, 0.25) is 5.91 Å². The first-order valence-corrected chi connectivity index (χ1v) is 5.90. The Morgan fingerprint density at radius 3 is 2.50 bits per heavy atom. The van der Waals surface area contributed by atoms with Crippen molar-refractivity contribution in [3.05, 3.63) is 48.2 Å². The average molecular weight is 272 g/mol. The number of carboxylic acids is 1. The molecule has 0 fully saturated rings. The van der Waals surface area contributed by atoms with E-state index in [4.69, 9.17) is 5.11 Å². The highest BCUT2D eigenvalue weighted by Crippen LogP contribution is 2.09. The number of nitrogens with zero attached hydrogens (tertiary/aromatic N) is 3. The van der Waals surface area contributed by atoms with Crippen LogP contribution >= 0.6 is 0 Å². The van der Waals surface area contributed by atoms with E-state index in [0.717, 1.165) is 5.56 Å². The van der Waals surface area contributed by atoms with Gasteiger partial charge in [-0.1, -0.05) is 0 Å². The van der Waals surface area contributed by atoms with Gasteiger partial charge in [-0.3, -0.25) is 9.78 Å². The predicted octanol–water partition coefficient (Wildman–Crippen LogP) is 1.14. The maximum atomic E-state index is 11.8. The molecule has 7 heteroatoms. The lowest BCUT2D eigenvalue weighted by atomic mass is 10.1. The monoisotopic (exact) mass is 272 g/mol. The van der Waals surface area contributed by atoms with Crippen molar-refractivity contribution in [3.8, 4) is 0 Å². The zero-order chi connectivity index (χ0) is 14.4. The molecule has 2 N–H and O–H groups in total. The number of aromatic carboxylic acids is 1. The number of anilines is 1. The number of aromatic nitrogens is 3. The molecule has 102 valence electrons. The molecule has 2 aromatic heterocycles. The van der Waals surface area contributed by atoms with Crippen LogP contribution < -0.4 is 5.32 Å². The minimum absolute atomic E-state index is 0.0419. The molecule has 0 unspecified atom stereocenters. The number of pyridine rings is 1. The number of hydrogen-bond donors (Lipinski definition) is 2. The molecule has 0 spiro atoms. The van der Waals surface area contributed by atoms with Crippen molar-refractivity contribution in [1.29, 1.82) is 0 Å². The molecule has 2 aromatic rings. The fourth-order valence-corrected chi connectivity index (χ4v) is 1.59. The Kier molecular flexibility index (Phi) is 4.33. The van der Waals surface area contributed by atoms with Gasteiger partial charge in [0.15, 0.2) is 11.5 Å². The van der Waals surface area contributed by atoms with Gasteiger partial charge in [-0.25, -0.2) is 14.8 Å². The molecule has 0 saturated heterocycles. The summed E-state index contributed by atoms with van der Waals surface area (Å²) >= 11 is 0. The van der Waals surface area contributed by atoms with Crippen molar-refractivity contribution in [1.82, 2.24) is 15.0 Å². The van der Waals surface area contributed by atoms with Gasteiger partial charge in [0.05, 0.1) is 0 Å². The van der Waals surface area contributed by atoms with Crippen molar-refractivity contribution < 1.29 is 14.7 Å². The largest absolute Gasteiger partial charge is 0.476 e. The van der Waals surface area contributed by atoms with Crippen LogP contribution in [-0.2, 0) is 11.2 Å². The number of carbonyl (C=O) groups excluding carboxylic acids is 1. The molecule has 1 amide bonds. The molecule has 2 rings (SSSR count). The van der Waals surface area contributed by atoms with Crippen LogP contribution in [0.4, 0.5) is 5.82 Å². The summed E-state index contributed by atoms with van der Waals surface area (Å²) < 4.78 is 0. The van der Waals surface area contributed by atoms with Gasteiger partial charge in [0.1, 0.15) is 0 Å². The van der Waals surface area contributed by atoms with Crippen LogP contribution in [0.25, 0.3) is 0 Å². The topological polar surface area (TPSA) is 105 Å². The first-order valence-electron chi connectivity index (χ1n) is 5.90. The fraction of sp³-hybridized carbons (Fsp3) is 0.154. The maximum Gasteiger partial charge on any atom is 0.358 e. The van der Waals surface area contributed by atoms with Crippen LogP contribution in [0, 0.1) is 0 Å². The van der Waals surface area contributed by atoms with Crippen LogP contribution in [-0.4, -0.2) is 31.9 Å². The standard InChI is InChI=1S/C13H12N4O3/c18-10(2-1-9-3-5-14-6-4-9)17-12-11(13(19)20)15-7-8-16-12/h3-8H,1-2H2,(H,19,20)(H,16,17,18). The molecule has 0 bridgehead atoms. The number of hydrogen-bond acceptors (Lipinski definition) is 5. The van der Waals surface area contributed by atoms with Crippen molar-refractivity contribution >= 4 is 17.7 Å². The Labute approximate surface area is 114 Å². The number of carboxylic acid groups (broad SMARTS) is 1. The molecular weight excluding hydrogens is 260 g/mol. The average Bonchev–Trinajstić information content (AvgIpc) is 2.46. The molecule has 0 saturated carbocycles. The molecule has 20 heavy (non-hydrogen) atoms. The molecule has 7 nitrogen and oxygen atoms in total. The Morgan fingerprint density at radius 1 is 1.10 bits per heavy atom. The number of amides is 1. The SMILES string of the molecule is O=C(CCc1ccncc1)Nc1nccnc1C(=O)O. The molecular formula is C13H12N4O3. The zero-order valence-electron chi connectivity index (χ0n) is 10.5. The van der Waals surface area contributed by atoms with E-state index in [1.165, 1.54) is 12.4 Å². The quantitative estimate of drug-likeness (QED) is 0.845. The maximum absolute atomic E-state index is 11.8. The van der Waals surface area contributed by atoms with Crippen LogP contribution in [0.1, 0.15) is 22.5 Å². The summed E-state index contributed by atoms with van der Waals surface area (Å²) in [7, 11) is 0. The molecule has 2 heterocycles. The molecule has 0 aromatic carbocycles. The van der Waals surface area contributed by atoms with Gasteiger partial charge in [-0.15, -0.1) is 0 Å². The Bertz CT molecular complexity index is 616. The third kappa shape index (κ3) is 3.58. The molecule has 0 radical (unpaired) electrons. The Balaban J connectivity index is 1.97. The zero-order valence-corrected chi connectivity index (χ0v) is 10.5. The van der Waals surface area contributed by atoms with Gasteiger partial charge < -0.3 is 10.4 Å². The predicted molar refractivity (Wildman–Crippen MR) is 70.2 cm³/mol. The van der Waals surface area contributed by atoms with E-state index in [1.807, 2.05) is 12.1 Å². The van der Waals surface area contributed by atoms with Crippen LogP contribution in [0.15, 0.2) is 36.9 Å². The van der Waals surface area contributed by atoms with Gasteiger partial charge in [0.25, 0.3) is 0 Å². The van der Waals surface area contributed by atoms with E-state index in [9.17, 15) is 9.59 Å². The number of rotatable bonds is 5. The normalized spacial score (nSPS) is 10.0. The van der Waals surface area contributed by atoms with Gasteiger partial charge in [-0.2, -0.15) is 0 Å². The Hall–Kier alpha value is -2.83. The highest BCUT2D eigenvalue weighted by molar-refractivity contribution is 5.97. The summed E-state index contributed by atoms with van der Waals surface area (Å²) in [6, 6.07) is 3.64. The van der Waals surface area contributed by atoms with Crippen LogP contribution in [0.5, 0.6) is 0 Å². The number of carbonyl (C=O) groups is 2.